The number of nitrogens with zero attached hydrogens (tertiary/aromatic N) is 3. The second-order valence-corrected chi connectivity index (χ2v) is 14.1. The first kappa shape index (κ1) is 29.5. The fraction of sp³-hybridized carbons (Fsp3) is 0.0625. The highest BCUT2D eigenvalue weighted by molar-refractivity contribution is 6.03. The van der Waals surface area contributed by atoms with Gasteiger partial charge in [-0.25, -0.2) is 15.0 Å². The number of fused-ring (bicyclic) bond motifs is 6. The van der Waals surface area contributed by atoms with Crippen LogP contribution in [0.2, 0.25) is 0 Å². The van der Waals surface area contributed by atoms with Crippen LogP contribution in [0.3, 0.4) is 0 Å². The van der Waals surface area contributed by atoms with Crippen molar-refractivity contribution in [2.24, 2.45) is 0 Å². The molecule has 0 bridgehead atoms. The molecule has 0 N–H and O–H groups in total. The summed E-state index contributed by atoms with van der Waals surface area (Å²) < 4.78 is 0. The maximum Gasteiger partial charge on any atom is 0.165 e. The van der Waals surface area contributed by atoms with Crippen LogP contribution in [0.25, 0.3) is 88.7 Å². The van der Waals surface area contributed by atoms with Crippen molar-refractivity contribution in [3.05, 3.63) is 175 Å². The monoisotopic (exact) mass is 651 g/mol. The highest BCUT2D eigenvalue weighted by Crippen LogP contribution is 2.50. The highest BCUT2D eigenvalue weighted by atomic mass is 15.0. The lowest BCUT2D eigenvalue weighted by atomic mass is 9.81. The Labute approximate surface area is 297 Å². The van der Waals surface area contributed by atoms with Gasteiger partial charge in [-0.15, -0.1) is 0 Å². The largest absolute Gasteiger partial charge is 0.208 e. The van der Waals surface area contributed by atoms with Gasteiger partial charge in [0.25, 0.3) is 0 Å². The lowest BCUT2D eigenvalue weighted by Gasteiger charge is -2.22. The van der Waals surface area contributed by atoms with E-state index in [1.807, 2.05) is 0 Å². The van der Waals surface area contributed by atoms with Crippen LogP contribution >= 0.6 is 0 Å². The van der Waals surface area contributed by atoms with E-state index in [4.69, 9.17) is 15.0 Å². The zero-order valence-corrected chi connectivity index (χ0v) is 28.4. The van der Waals surface area contributed by atoms with E-state index in [-0.39, 0.29) is 5.41 Å². The maximum absolute atomic E-state index is 5.32. The number of hydrogen-bond acceptors (Lipinski definition) is 3. The molecule has 0 saturated carbocycles. The highest BCUT2D eigenvalue weighted by Gasteiger charge is 2.35. The van der Waals surface area contributed by atoms with Crippen molar-refractivity contribution in [3.8, 4) is 56.4 Å². The van der Waals surface area contributed by atoms with Gasteiger partial charge in [-0.1, -0.05) is 159 Å². The first-order valence-corrected chi connectivity index (χ1v) is 17.5. The van der Waals surface area contributed by atoms with Gasteiger partial charge < -0.3 is 0 Å². The maximum atomic E-state index is 5.32. The van der Waals surface area contributed by atoms with Gasteiger partial charge in [0.05, 0.1) is 0 Å². The lowest BCUT2D eigenvalue weighted by molar-refractivity contribution is 0.660. The van der Waals surface area contributed by atoms with Crippen molar-refractivity contribution in [2.75, 3.05) is 0 Å². The zero-order valence-electron chi connectivity index (χ0n) is 28.4. The molecule has 0 fully saturated rings. The van der Waals surface area contributed by atoms with E-state index in [9.17, 15) is 0 Å². The predicted molar refractivity (Wildman–Crippen MR) is 212 cm³/mol. The van der Waals surface area contributed by atoms with Gasteiger partial charge in [-0.3, -0.25) is 0 Å². The summed E-state index contributed by atoms with van der Waals surface area (Å²) >= 11 is 0. The summed E-state index contributed by atoms with van der Waals surface area (Å²) in [7, 11) is 0. The third-order valence-corrected chi connectivity index (χ3v) is 10.7. The molecule has 51 heavy (non-hydrogen) atoms. The summed E-state index contributed by atoms with van der Waals surface area (Å²) in [4.78, 5) is 15.8. The van der Waals surface area contributed by atoms with E-state index in [1.54, 1.807) is 0 Å². The van der Waals surface area contributed by atoms with E-state index in [2.05, 4.69) is 178 Å². The molecular formula is C48H33N3. The topological polar surface area (TPSA) is 38.7 Å². The van der Waals surface area contributed by atoms with E-state index >= 15 is 0 Å². The van der Waals surface area contributed by atoms with Gasteiger partial charge in [0.15, 0.2) is 17.5 Å². The molecule has 0 unspecified atom stereocenters. The Morgan fingerprint density at radius 1 is 0.353 bits per heavy atom. The van der Waals surface area contributed by atoms with Crippen LogP contribution in [-0.4, -0.2) is 15.0 Å². The predicted octanol–water partition coefficient (Wildman–Crippen LogP) is 12.3. The van der Waals surface area contributed by atoms with Crippen molar-refractivity contribution >= 4 is 32.3 Å². The summed E-state index contributed by atoms with van der Waals surface area (Å²) in [6, 6.07) is 58.5. The molecule has 1 aliphatic rings. The molecule has 1 aliphatic carbocycles. The van der Waals surface area contributed by atoms with Crippen LogP contribution in [0.1, 0.15) is 25.0 Å². The van der Waals surface area contributed by atoms with E-state index in [1.165, 1.54) is 33.0 Å². The van der Waals surface area contributed by atoms with Crippen molar-refractivity contribution < 1.29 is 0 Å². The molecule has 1 heterocycles. The molecule has 0 amide bonds. The molecule has 9 aromatic rings. The molecular weight excluding hydrogens is 619 g/mol. The van der Waals surface area contributed by atoms with Gasteiger partial charge in [0.1, 0.15) is 0 Å². The molecule has 10 rings (SSSR count). The molecule has 0 radical (unpaired) electrons. The van der Waals surface area contributed by atoms with Crippen molar-refractivity contribution in [3.63, 3.8) is 0 Å². The standard InChI is InChI=1S/C48H33N3/c1-48(2)42-18-10-9-17-40(42)41-26-24-35(29-43(41)48)39-25-23-32-13-7-8-16-38(32)44(39)47-50-45(36-21-19-30-11-3-5-14-33(30)27-36)49-46(51-47)37-22-20-31-12-4-6-15-34(31)28-37/h3-29H,1-2H3. The first-order chi connectivity index (χ1) is 25.0. The fourth-order valence-electron chi connectivity index (χ4n) is 8.03. The van der Waals surface area contributed by atoms with Crippen LogP contribution in [0, 0.1) is 0 Å². The van der Waals surface area contributed by atoms with Crippen molar-refractivity contribution in [2.45, 2.75) is 19.3 Å². The number of hydrogen-bond donors (Lipinski definition) is 0. The second-order valence-electron chi connectivity index (χ2n) is 14.1. The van der Waals surface area contributed by atoms with Crippen LogP contribution in [0.15, 0.2) is 164 Å². The van der Waals surface area contributed by atoms with Crippen LogP contribution in [0.4, 0.5) is 0 Å². The SMILES string of the molecule is CC1(C)c2ccccc2-c2ccc(-c3ccc4ccccc4c3-c3nc(-c4ccc5ccccc5c4)nc(-c4ccc5ccccc5c4)n3)cc21. The molecule has 240 valence electrons. The molecule has 0 atom stereocenters. The fourth-order valence-corrected chi connectivity index (χ4v) is 8.03. The minimum absolute atomic E-state index is 0.112. The smallest absolute Gasteiger partial charge is 0.165 e. The van der Waals surface area contributed by atoms with Crippen molar-refractivity contribution in [1.82, 2.24) is 15.0 Å². The Hall–Kier alpha value is -6.45. The normalized spacial score (nSPS) is 13.1. The minimum atomic E-state index is -0.112. The molecule has 3 nitrogen and oxygen atoms in total. The summed E-state index contributed by atoms with van der Waals surface area (Å²) in [6.45, 7) is 4.67. The zero-order chi connectivity index (χ0) is 34.1. The quantitative estimate of drug-likeness (QED) is 0.190. The lowest BCUT2D eigenvalue weighted by Crippen LogP contribution is -2.14. The van der Waals surface area contributed by atoms with Crippen LogP contribution < -0.4 is 0 Å². The Kier molecular flexibility index (Phi) is 6.53. The number of rotatable bonds is 4. The number of benzene rings is 8. The Bertz CT molecular complexity index is 2750. The van der Waals surface area contributed by atoms with Gasteiger partial charge in [0.2, 0.25) is 0 Å². The molecule has 0 saturated heterocycles. The molecule has 1 aromatic heterocycles. The minimum Gasteiger partial charge on any atom is -0.208 e. The Morgan fingerprint density at radius 3 is 1.53 bits per heavy atom. The van der Waals surface area contributed by atoms with E-state index < -0.39 is 0 Å². The van der Waals surface area contributed by atoms with Gasteiger partial charge >= 0.3 is 0 Å². The van der Waals surface area contributed by atoms with Crippen LogP contribution in [-0.2, 0) is 5.41 Å². The Morgan fingerprint density at radius 2 is 0.843 bits per heavy atom. The van der Waals surface area contributed by atoms with Gasteiger partial charge in [-0.05, 0) is 83.9 Å². The summed E-state index contributed by atoms with van der Waals surface area (Å²) in [5, 5.41) is 6.92. The van der Waals surface area contributed by atoms with Crippen molar-refractivity contribution in [1.29, 1.82) is 0 Å². The summed E-state index contributed by atoms with van der Waals surface area (Å²) in [5.41, 5.74) is 10.4. The van der Waals surface area contributed by atoms with Gasteiger partial charge in [-0.2, -0.15) is 0 Å². The summed E-state index contributed by atoms with van der Waals surface area (Å²) in [5.74, 6) is 1.96. The summed E-state index contributed by atoms with van der Waals surface area (Å²) in [6.07, 6.45) is 0. The Balaban J connectivity index is 1.23. The average Bonchev–Trinajstić information content (AvgIpc) is 3.42. The third kappa shape index (κ3) is 4.77. The molecule has 0 spiro atoms. The average molecular weight is 652 g/mol. The first-order valence-electron chi connectivity index (χ1n) is 17.5. The molecule has 8 aromatic carbocycles. The van der Waals surface area contributed by atoms with E-state index in [0.717, 1.165) is 49.4 Å². The third-order valence-electron chi connectivity index (χ3n) is 10.7. The van der Waals surface area contributed by atoms with Crippen LogP contribution in [0.5, 0.6) is 0 Å². The molecule has 0 aliphatic heterocycles. The number of aromatic nitrogens is 3. The molecule has 3 heteroatoms. The second kappa shape index (κ2) is 11.3. The van der Waals surface area contributed by atoms with Gasteiger partial charge in [0, 0.05) is 22.1 Å². The van der Waals surface area contributed by atoms with E-state index in [0.29, 0.717) is 17.5 Å².